The Kier molecular flexibility index (Phi) is 6.14. The van der Waals surface area contributed by atoms with Gasteiger partial charge in [-0.15, -0.1) is 11.3 Å². The van der Waals surface area contributed by atoms with Crippen LogP contribution in [0.3, 0.4) is 0 Å². The standard InChI is InChI=1S/C19H22N4O2S/c1-15(24)20-19-21-17(14-26-19)18(25)23-12-10-22(11-13-23)9-5-8-16-6-3-2-4-7-16/h2-8,14H,9-13H2,1H3,(H,20,21,24)/b8-5+. The second-order valence-electron chi connectivity index (χ2n) is 6.12. The Morgan fingerprint density at radius 2 is 1.92 bits per heavy atom. The van der Waals surface area contributed by atoms with Crippen LogP contribution in [0.1, 0.15) is 23.0 Å². The predicted molar refractivity (Wildman–Crippen MR) is 104 cm³/mol. The van der Waals surface area contributed by atoms with Crippen LogP contribution in [0.15, 0.2) is 41.8 Å². The highest BCUT2D eigenvalue weighted by Crippen LogP contribution is 2.17. The Bertz CT molecular complexity index is 780. The molecule has 0 atom stereocenters. The first-order valence-corrected chi connectivity index (χ1v) is 9.46. The van der Waals surface area contributed by atoms with Crippen LogP contribution in [0.25, 0.3) is 6.08 Å². The SMILES string of the molecule is CC(=O)Nc1nc(C(=O)N2CCN(C/C=C/c3ccccc3)CC2)cs1. The summed E-state index contributed by atoms with van der Waals surface area (Å²) in [6.45, 7) is 5.35. The lowest BCUT2D eigenvalue weighted by Crippen LogP contribution is -2.48. The van der Waals surface area contributed by atoms with Crippen LogP contribution in [-0.2, 0) is 4.79 Å². The number of nitrogens with zero attached hydrogens (tertiary/aromatic N) is 3. The van der Waals surface area contributed by atoms with Crippen LogP contribution in [-0.4, -0.2) is 59.3 Å². The number of benzene rings is 1. The molecule has 2 aromatic rings. The number of anilines is 1. The summed E-state index contributed by atoms with van der Waals surface area (Å²) < 4.78 is 0. The Morgan fingerprint density at radius 3 is 2.62 bits per heavy atom. The molecule has 26 heavy (non-hydrogen) atoms. The van der Waals surface area contributed by atoms with Gasteiger partial charge in [-0.2, -0.15) is 0 Å². The van der Waals surface area contributed by atoms with E-state index in [0.717, 1.165) is 19.6 Å². The first-order chi connectivity index (χ1) is 12.6. The van der Waals surface area contributed by atoms with Crippen LogP contribution in [0.2, 0.25) is 0 Å². The summed E-state index contributed by atoms with van der Waals surface area (Å²) in [5.41, 5.74) is 1.59. The molecular formula is C19H22N4O2S. The van der Waals surface area contributed by atoms with Gasteiger partial charge < -0.3 is 10.2 Å². The van der Waals surface area contributed by atoms with Crippen LogP contribution >= 0.6 is 11.3 Å². The number of carbonyl (C=O) groups is 2. The highest BCUT2D eigenvalue weighted by atomic mass is 32.1. The molecule has 6 nitrogen and oxygen atoms in total. The number of thiazole rings is 1. The summed E-state index contributed by atoms with van der Waals surface area (Å²) in [6.07, 6.45) is 4.28. The molecule has 0 unspecified atom stereocenters. The Morgan fingerprint density at radius 1 is 1.19 bits per heavy atom. The van der Waals surface area contributed by atoms with E-state index in [9.17, 15) is 9.59 Å². The van der Waals surface area contributed by atoms with Gasteiger partial charge in [0.25, 0.3) is 5.91 Å². The third kappa shape index (κ3) is 5.00. The third-order valence-corrected chi connectivity index (χ3v) is 4.90. The first-order valence-electron chi connectivity index (χ1n) is 8.58. The maximum atomic E-state index is 12.5. The smallest absolute Gasteiger partial charge is 0.273 e. The van der Waals surface area contributed by atoms with E-state index in [0.29, 0.717) is 23.9 Å². The molecule has 1 fully saturated rings. The molecule has 1 saturated heterocycles. The number of piperazine rings is 1. The van der Waals surface area contributed by atoms with Gasteiger partial charge in [0, 0.05) is 45.0 Å². The molecule has 136 valence electrons. The minimum Gasteiger partial charge on any atom is -0.335 e. The number of hydrogen-bond donors (Lipinski definition) is 1. The summed E-state index contributed by atoms with van der Waals surface area (Å²) in [5.74, 6) is -0.257. The highest BCUT2D eigenvalue weighted by molar-refractivity contribution is 7.14. The summed E-state index contributed by atoms with van der Waals surface area (Å²) in [4.78, 5) is 31.9. The van der Waals surface area contributed by atoms with Gasteiger partial charge in [-0.05, 0) is 5.56 Å². The van der Waals surface area contributed by atoms with E-state index in [2.05, 4.69) is 39.5 Å². The Hall–Kier alpha value is -2.51. The second-order valence-corrected chi connectivity index (χ2v) is 6.98. The molecule has 2 heterocycles. The van der Waals surface area contributed by atoms with Crippen molar-refractivity contribution in [3.8, 4) is 0 Å². The van der Waals surface area contributed by atoms with E-state index >= 15 is 0 Å². The van der Waals surface area contributed by atoms with E-state index < -0.39 is 0 Å². The van der Waals surface area contributed by atoms with E-state index in [-0.39, 0.29) is 11.8 Å². The van der Waals surface area contributed by atoms with Crippen molar-refractivity contribution in [1.29, 1.82) is 0 Å². The van der Waals surface area contributed by atoms with Crippen LogP contribution in [0.5, 0.6) is 0 Å². The molecule has 1 aliphatic rings. The summed E-state index contributed by atoms with van der Waals surface area (Å²) in [5, 5.41) is 4.77. The zero-order chi connectivity index (χ0) is 18.4. The van der Waals surface area contributed by atoms with Crippen LogP contribution in [0, 0.1) is 0 Å². The van der Waals surface area contributed by atoms with Crippen molar-refractivity contribution in [3.05, 3.63) is 53.0 Å². The summed E-state index contributed by atoms with van der Waals surface area (Å²) in [7, 11) is 0. The molecule has 0 saturated carbocycles. The molecule has 2 amide bonds. The summed E-state index contributed by atoms with van der Waals surface area (Å²) in [6, 6.07) is 10.2. The molecule has 7 heteroatoms. The quantitative estimate of drug-likeness (QED) is 0.879. The zero-order valence-electron chi connectivity index (χ0n) is 14.7. The fourth-order valence-corrected chi connectivity index (χ4v) is 3.51. The van der Waals surface area contributed by atoms with E-state index in [1.54, 1.807) is 5.38 Å². The monoisotopic (exact) mass is 370 g/mol. The molecule has 1 aromatic carbocycles. The second kappa shape index (κ2) is 8.73. The zero-order valence-corrected chi connectivity index (χ0v) is 15.5. The largest absolute Gasteiger partial charge is 0.335 e. The normalized spacial score (nSPS) is 15.3. The maximum absolute atomic E-state index is 12.5. The van der Waals surface area contributed by atoms with Gasteiger partial charge >= 0.3 is 0 Å². The van der Waals surface area contributed by atoms with Crippen LogP contribution < -0.4 is 5.32 Å². The minimum atomic E-state index is -0.185. The van der Waals surface area contributed by atoms with Gasteiger partial charge in [0.05, 0.1) is 0 Å². The maximum Gasteiger partial charge on any atom is 0.273 e. The number of nitrogens with one attached hydrogen (secondary N) is 1. The number of amides is 2. The average molecular weight is 370 g/mol. The van der Waals surface area contributed by atoms with Crippen molar-refractivity contribution in [2.24, 2.45) is 0 Å². The van der Waals surface area contributed by atoms with Crippen molar-refractivity contribution in [2.45, 2.75) is 6.92 Å². The topological polar surface area (TPSA) is 65.5 Å². The Labute approximate surface area is 157 Å². The fraction of sp³-hybridized carbons (Fsp3) is 0.316. The van der Waals surface area contributed by atoms with E-state index in [1.807, 2.05) is 23.1 Å². The molecule has 0 radical (unpaired) electrons. The number of carbonyl (C=O) groups excluding carboxylic acids is 2. The van der Waals surface area contributed by atoms with Gasteiger partial charge in [0.1, 0.15) is 5.69 Å². The fourth-order valence-electron chi connectivity index (χ4n) is 2.78. The van der Waals surface area contributed by atoms with Crippen molar-refractivity contribution in [1.82, 2.24) is 14.8 Å². The molecule has 0 aliphatic carbocycles. The number of rotatable bonds is 5. The lowest BCUT2D eigenvalue weighted by Gasteiger charge is -2.33. The molecule has 0 spiro atoms. The van der Waals surface area contributed by atoms with E-state index in [4.69, 9.17) is 0 Å². The molecule has 0 bridgehead atoms. The summed E-state index contributed by atoms with van der Waals surface area (Å²) >= 11 is 1.27. The average Bonchev–Trinajstić information content (AvgIpc) is 3.10. The van der Waals surface area contributed by atoms with Crippen LogP contribution in [0.4, 0.5) is 5.13 Å². The van der Waals surface area contributed by atoms with Gasteiger partial charge in [-0.25, -0.2) is 4.98 Å². The van der Waals surface area contributed by atoms with Crippen molar-refractivity contribution < 1.29 is 9.59 Å². The first kappa shape index (κ1) is 18.3. The highest BCUT2D eigenvalue weighted by Gasteiger charge is 2.23. The minimum absolute atomic E-state index is 0.0719. The van der Waals surface area contributed by atoms with Crippen molar-refractivity contribution in [2.75, 3.05) is 38.0 Å². The lowest BCUT2D eigenvalue weighted by molar-refractivity contribution is -0.114. The van der Waals surface area contributed by atoms with Crippen molar-refractivity contribution in [3.63, 3.8) is 0 Å². The van der Waals surface area contributed by atoms with Gasteiger partial charge in [0.2, 0.25) is 5.91 Å². The van der Waals surface area contributed by atoms with Gasteiger partial charge in [-0.3, -0.25) is 14.5 Å². The number of hydrogen-bond acceptors (Lipinski definition) is 5. The molecule has 1 aliphatic heterocycles. The molecular weight excluding hydrogens is 348 g/mol. The van der Waals surface area contributed by atoms with Gasteiger partial charge in [-0.1, -0.05) is 42.5 Å². The lowest BCUT2D eigenvalue weighted by atomic mass is 10.2. The molecule has 1 aromatic heterocycles. The van der Waals surface area contributed by atoms with Crippen molar-refractivity contribution >= 4 is 34.4 Å². The molecule has 1 N–H and O–H groups in total. The number of aromatic nitrogens is 1. The Balaban J connectivity index is 1.47. The molecule has 3 rings (SSSR count). The third-order valence-electron chi connectivity index (χ3n) is 4.14. The predicted octanol–water partition coefficient (Wildman–Crippen LogP) is 2.57. The van der Waals surface area contributed by atoms with Gasteiger partial charge in [0.15, 0.2) is 5.13 Å². The van der Waals surface area contributed by atoms with E-state index in [1.165, 1.54) is 23.8 Å².